The number of carbonyl (C=O) groups excluding carboxylic acids is 2. The Morgan fingerprint density at radius 1 is 1.06 bits per heavy atom. The summed E-state index contributed by atoms with van der Waals surface area (Å²) in [6.45, 7) is 30.7. The van der Waals surface area contributed by atoms with Gasteiger partial charge in [0.1, 0.15) is 6.29 Å². The number of hydrogen-bond acceptors (Lipinski definition) is 6. The number of carbonyl (C=O) groups is 2. The van der Waals surface area contributed by atoms with Crippen molar-refractivity contribution < 1.29 is 14.3 Å². The van der Waals surface area contributed by atoms with Gasteiger partial charge in [0.05, 0.1) is 11.1 Å². The zero-order valence-electron chi connectivity index (χ0n) is 35.5. The van der Waals surface area contributed by atoms with Crippen molar-refractivity contribution in [3.8, 4) is 11.3 Å². The summed E-state index contributed by atoms with van der Waals surface area (Å²) in [5.74, 6) is 1.81. The molecule has 2 atom stereocenters. The van der Waals surface area contributed by atoms with Crippen molar-refractivity contribution in [3.63, 3.8) is 0 Å². The topological polar surface area (TPSA) is 99.7 Å². The molecule has 1 fully saturated rings. The Balaban J connectivity index is 0.00000162. The van der Waals surface area contributed by atoms with Gasteiger partial charge in [-0.1, -0.05) is 92.3 Å². The Morgan fingerprint density at radius 3 is 2.21 bits per heavy atom. The molecule has 0 spiro atoms. The molecule has 1 aromatic carbocycles. The highest BCUT2D eigenvalue weighted by Crippen LogP contribution is 2.37. The molecule has 4 rings (SSSR count). The number of H-pyrrole nitrogens is 1. The van der Waals surface area contributed by atoms with Crippen LogP contribution in [0.3, 0.4) is 0 Å². The Morgan fingerprint density at radius 2 is 1.66 bits per heavy atom. The minimum absolute atomic E-state index is 0.199. The first-order valence-corrected chi connectivity index (χ1v) is 20.8. The van der Waals surface area contributed by atoms with Gasteiger partial charge in [-0.05, 0) is 99.9 Å². The fraction of sp³-hybridized carbons (Fsp3) is 0.591. The quantitative estimate of drug-likeness (QED) is 0.0828. The molecule has 0 aliphatic carbocycles. The molecule has 1 aliphatic rings. The molecule has 9 heteroatoms. The predicted molar refractivity (Wildman–Crippen MR) is 227 cm³/mol. The number of amides is 1. The van der Waals surface area contributed by atoms with E-state index in [9.17, 15) is 9.59 Å². The van der Waals surface area contributed by atoms with E-state index in [0.29, 0.717) is 24.2 Å². The van der Waals surface area contributed by atoms with E-state index in [0.717, 1.165) is 42.9 Å². The van der Waals surface area contributed by atoms with Crippen LogP contribution in [0.1, 0.15) is 129 Å². The molecule has 3 aromatic rings. The minimum Gasteiger partial charge on any atom is -0.447 e. The van der Waals surface area contributed by atoms with Crippen molar-refractivity contribution in [1.82, 2.24) is 20.2 Å². The van der Waals surface area contributed by atoms with Crippen LogP contribution in [0.4, 0.5) is 4.79 Å². The lowest BCUT2D eigenvalue weighted by molar-refractivity contribution is -0.113. The number of thioether (sulfide) groups is 1. The van der Waals surface area contributed by atoms with Gasteiger partial charge in [-0.25, -0.2) is 4.79 Å². The van der Waals surface area contributed by atoms with Gasteiger partial charge in [0.2, 0.25) is 5.96 Å². The maximum Gasteiger partial charge on any atom is 0.414 e. The third kappa shape index (κ3) is 16.1. The normalized spacial score (nSPS) is 14.6. The van der Waals surface area contributed by atoms with E-state index in [4.69, 9.17) is 9.73 Å². The smallest absolute Gasteiger partial charge is 0.414 e. The zero-order valence-corrected chi connectivity index (χ0v) is 36.3. The second-order valence-electron chi connectivity index (χ2n) is 14.5. The number of pyridine rings is 1. The van der Waals surface area contributed by atoms with Crippen LogP contribution in [0.25, 0.3) is 11.3 Å². The van der Waals surface area contributed by atoms with Crippen molar-refractivity contribution in [2.45, 2.75) is 140 Å². The molecule has 1 saturated heterocycles. The van der Waals surface area contributed by atoms with Gasteiger partial charge < -0.3 is 19.4 Å². The lowest BCUT2D eigenvalue weighted by Crippen LogP contribution is -2.44. The number of ether oxygens (including phenoxy) is 1. The van der Waals surface area contributed by atoms with Crippen molar-refractivity contribution in [1.29, 1.82) is 0 Å². The standard InChI is InChI=1S/C36H49N5O3S.C4H10.2C2H6/c1-23(2)44-35(43)40-34(41-14-11-29(20-41)28-9-12-37-13-10-28)38-19-26(5)18-31-27(6)33(45-22-36(7,8)21-42)39-32(31)30-16-24(3)15-25(4)17-30;1-3-4-2;2*1-2/h9-10,12-13,15-17,21,23,26,29,39H,11,14,18-20,22H2,1-8H3,(H,38,40,43);3-4H2,1-2H3;2*1-2H3/t26-,29?;;;/m0.../s1. The summed E-state index contributed by atoms with van der Waals surface area (Å²) < 4.78 is 5.42. The molecule has 296 valence electrons. The Labute approximate surface area is 326 Å². The van der Waals surface area contributed by atoms with Crippen LogP contribution in [0.2, 0.25) is 0 Å². The van der Waals surface area contributed by atoms with Gasteiger partial charge in [0.15, 0.2) is 0 Å². The molecule has 0 bridgehead atoms. The Bertz CT molecular complexity index is 1510. The van der Waals surface area contributed by atoms with Gasteiger partial charge in [-0.15, -0.1) is 11.8 Å². The number of likely N-dealkylation sites (tertiary alicyclic amines) is 1. The van der Waals surface area contributed by atoms with Crippen LogP contribution in [-0.4, -0.2) is 64.7 Å². The van der Waals surface area contributed by atoms with Crippen LogP contribution in [-0.2, 0) is 16.0 Å². The number of guanidine groups is 1. The fourth-order valence-electron chi connectivity index (χ4n) is 5.73. The summed E-state index contributed by atoms with van der Waals surface area (Å²) >= 11 is 1.70. The number of rotatable bonds is 12. The number of alkyl carbamates (subject to hydrolysis) is 1. The molecular weight excluding hydrogens is 679 g/mol. The molecular formula is C44H71N5O3S. The summed E-state index contributed by atoms with van der Waals surface area (Å²) in [6, 6.07) is 10.8. The second-order valence-corrected chi connectivity index (χ2v) is 15.5. The van der Waals surface area contributed by atoms with Crippen LogP contribution >= 0.6 is 11.8 Å². The summed E-state index contributed by atoms with van der Waals surface area (Å²) in [5, 5.41) is 4.05. The number of unbranched alkanes of at least 4 members (excludes halogenated alkanes) is 1. The van der Waals surface area contributed by atoms with Crippen LogP contribution in [0.5, 0.6) is 0 Å². The number of aromatic amines is 1. The minimum atomic E-state index is -0.484. The molecule has 53 heavy (non-hydrogen) atoms. The van der Waals surface area contributed by atoms with Crippen LogP contribution in [0, 0.1) is 32.1 Å². The maximum absolute atomic E-state index is 12.7. The van der Waals surface area contributed by atoms with Crippen molar-refractivity contribution >= 4 is 30.1 Å². The first-order chi connectivity index (χ1) is 25.3. The van der Waals surface area contributed by atoms with E-state index >= 15 is 0 Å². The third-order valence-corrected chi connectivity index (χ3v) is 10.2. The van der Waals surface area contributed by atoms with E-state index in [1.807, 2.05) is 67.8 Å². The van der Waals surface area contributed by atoms with E-state index in [1.165, 1.54) is 46.2 Å². The van der Waals surface area contributed by atoms with E-state index in [2.05, 4.69) is 92.1 Å². The summed E-state index contributed by atoms with van der Waals surface area (Å²) in [6.07, 6.45) is 8.41. The summed E-state index contributed by atoms with van der Waals surface area (Å²) in [5.41, 5.74) is 8.05. The Hall–Kier alpha value is -3.59. The molecule has 0 saturated carbocycles. The number of aldehydes is 1. The van der Waals surface area contributed by atoms with Crippen LogP contribution < -0.4 is 5.32 Å². The Kier molecular flexibility index (Phi) is 22.1. The van der Waals surface area contributed by atoms with Crippen molar-refractivity contribution in [2.24, 2.45) is 16.3 Å². The molecule has 2 aromatic heterocycles. The van der Waals surface area contributed by atoms with Gasteiger partial charge in [0, 0.05) is 54.8 Å². The SMILES string of the molecule is CC.CC.CCCC.Cc1cc(C)cc(-c2[nH]c(SCC(C)(C)C=O)c(C)c2C[C@H](C)CN=C(NC(=O)OC(C)C)N2CCC(c3ccncc3)C2)c1. The monoisotopic (exact) mass is 750 g/mol. The number of nitrogens with one attached hydrogen (secondary N) is 2. The number of nitrogens with zero attached hydrogens (tertiary/aromatic N) is 3. The maximum atomic E-state index is 12.7. The zero-order chi connectivity index (χ0) is 40.1. The highest BCUT2D eigenvalue weighted by Gasteiger charge is 2.28. The number of aromatic nitrogens is 2. The lowest BCUT2D eigenvalue weighted by atomic mass is 9.94. The van der Waals surface area contributed by atoms with Gasteiger partial charge in [-0.3, -0.25) is 15.3 Å². The third-order valence-electron chi connectivity index (χ3n) is 8.58. The highest BCUT2D eigenvalue weighted by atomic mass is 32.2. The number of aryl methyl sites for hydroxylation is 2. The lowest BCUT2D eigenvalue weighted by Gasteiger charge is -2.22. The molecule has 0 radical (unpaired) electrons. The van der Waals surface area contributed by atoms with Gasteiger partial charge in [-0.2, -0.15) is 0 Å². The van der Waals surface area contributed by atoms with E-state index in [-0.39, 0.29) is 12.0 Å². The highest BCUT2D eigenvalue weighted by molar-refractivity contribution is 7.99. The summed E-state index contributed by atoms with van der Waals surface area (Å²) in [4.78, 5) is 39.3. The molecule has 2 N–H and O–H groups in total. The number of aliphatic imine (C=N–C) groups is 1. The first-order valence-electron chi connectivity index (χ1n) is 19.8. The van der Waals surface area contributed by atoms with Gasteiger partial charge >= 0.3 is 6.09 Å². The number of hydrogen-bond donors (Lipinski definition) is 2. The summed E-state index contributed by atoms with van der Waals surface area (Å²) in [7, 11) is 0. The average Bonchev–Trinajstić information content (AvgIpc) is 3.76. The van der Waals surface area contributed by atoms with Crippen molar-refractivity contribution in [3.05, 3.63) is 70.5 Å². The number of benzene rings is 1. The fourth-order valence-corrected chi connectivity index (χ4v) is 6.83. The molecule has 1 aliphatic heterocycles. The first kappa shape index (κ1) is 47.4. The molecule has 1 amide bonds. The van der Waals surface area contributed by atoms with E-state index < -0.39 is 11.5 Å². The van der Waals surface area contributed by atoms with Gasteiger partial charge in [0.25, 0.3) is 0 Å². The predicted octanol–water partition coefficient (Wildman–Crippen LogP) is 11.3. The van der Waals surface area contributed by atoms with Crippen LogP contribution in [0.15, 0.2) is 52.7 Å². The largest absolute Gasteiger partial charge is 0.447 e. The molecule has 1 unspecified atom stereocenters. The van der Waals surface area contributed by atoms with Crippen molar-refractivity contribution in [2.75, 3.05) is 25.4 Å². The molecule has 3 heterocycles. The molecule has 8 nitrogen and oxygen atoms in total. The second kappa shape index (κ2) is 24.7. The average molecular weight is 750 g/mol. The van der Waals surface area contributed by atoms with E-state index in [1.54, 1.807) is 11.8 Å².